The summed E-state index contributed by atoms with van der Waals surface area (Å²) in [5, 5.41) is 29.3. The molecule has 0 aromatic heterocycles. The van der Waals surface area contributed by atoms with Crippen molar-refractivity contribution in [3.05, 3.63) is 71.8 Å². The number of nitrogens with one attached hydrogen (secondary N) is 1. The molecule has 9 nitrogen and oxygen atoms in total. The van der Waals surface area contributed by atoms with E-state index in [1.807, 2.05) is 6.07 Å². The van der Waals surface area contributed by atoms with Crippen molar-refractivity contribution in [3.63, 3.8) is 0 Å². The summed E-state index contributed by atoms with van der Waals surface area (Å²) in [5.41, 5.74) is 1.42. The average Bonchev–Trinajstić information content (AvgIpc) is 2.80. The number of hydrogen-bond acceptors (Lipinski definition) is 7. The lowest BCUT2D eigenvalue weighted by molar-refractivity contribution is -0.131. The molecule has 0 radical (unpaired) electrons. The van der Waals surface area contributed by atoms with Crippen LogP contribution in [-0.4, -0.2) is 48.2 Å². The number of nitrogens with zero attached hydrogens (tertiary/aromatic N) is 1. The Balaban J connectivity index is 2.25. The van der Waals surface area contributed by atoms with E-state index in [0.717, 1.165) is 6.08 Å². The molecule has 2 rings (SSSR count). The normalized spacial score (nSPS) is 12.5. The predicted octanol–water partition coefficient (Wildman–Crippen LogP) is 3.27. The fraction of sp³-hybridized carbons (Fsp3) is 0.261. The Labute approximate surface area is 185 Å². The summed E-state index contributed by atoms with van der Waals surface area (Å²) < 4.78 is 16.6. The number of aliphatic carboxylic acids is 1. The van der Waals surface area contributed by atoms with Crippen LogP contribution in [0.2, 0.25) is 0 Å². The predicted molar refractivity (Wildman–Crippen MR) is 115 cm³/mol. The Kier molecular flexibility index (Phi) is 9.71. The number of rotatable bonds is 11. The number of hydrogen-bond donors (Lipinski definition) is 3. The summed E-state index contributed by atoms with van der Waals surface area (Å²) >= 11 is 0. The van der Waals surface area contributed by atoms with Gasteiger partial charge in [0.2, 0.25) is 0 Å². The van der Waals surface area contributed by atoms with Crippen molar-refractivity contribution in [1.82, 2.24) is 0 Å². The minimum atomic E-state index is -1.16. The summed E-state index contributed by atoms with van der Waals surface area (Å²) in [7, 11) is 0. The average molecular weight is 440 g/mol. The van der Waals surface area contributed by atoms with Gasteiger partial charge < -0.3 is 24.4 Å². The Hall–Kier alpha value is -3.87. The molecule has 0 bridgehead atoms. The molecule has 1 amide bonds. The monoisotopic (exact) mass is 440 g/mol. The van der Waals surface area contributed by atoms with Crippen molar-refractivity contribution < 1.29 is 34.0 Å². The van der Waals surface area contributed by atoms with Crippen LogP contribution in [0.3, 0.4) is 0 Å². The van der Waals surface area contributed by atoms with Crippen molar-refractivity contribution in [2.75, 3.05) is 25.1 Å². The minimum absolute atomic E-state index is 0.130. The standard InChI is InChI=1S/C23H24N2O7/c1-2-30-20(11-12-21(27)28)22(17-5-9-19(10-6-17)31-14-13-26)32-23(29)25-18-7-3-16(15-24)4-8-18/h3-12,20,22,26H,2,13-14H2,1H3,(H,25,29)(H,27,28)/b12-11+/t20-,22-/m0/s1. The molecule has 2 aromatic carbocycles. The second-order valence-corrected chi connectivity index (χ2v) is 6.40. The lowest BCUT2D eigenvalue weighted by atomic mass is 10.0. The van der Waals surface area contributed by atoms with Gasteiger partial charge in [-0.25, -0.2) is 9.59 Å². The van der Waals surface area contributed by atoms with E-state index in [1.165, 1.54) is 6.08 Å². The van der Waals surface area contributed by atoms with Gasteiger partial charge in [-0.2, -0.15) is 5.26 Å². The molecule has 2 atom stereocenters. The van der Waals surface area contributed by atoms with Crippen molar-refractivity contribution in [2.45, 2.75) is 19.1 Å². The zero-order valence-corrected chi connectivity index (χ0v) is 17.4. The maximum atomic E-state index is 12.6. The van der Waals surface area contributed by atoms with E-state index in [-0.39, 0.29) is 19.8 Å². The first-order chi connectivity index (χ1) is 15.5. The first-order valence-corrected chi connectivity index (χ1v) is 9.81. The molecule has 32 heavy (non-hydrogen) atoms. The third-order valence-corrected chi connectivity index (χ3v) is 4.15. The Bertz CT molecular complexity index is 950. The highest BCUT2D eigenvalue weighted by atomic mass is 16.6. The van der Waals surface area contributed by atoms with Crippen LogP contribution in [0.4, 0.5) is 10.5 Å². The van der Waals surface area contributed by atoms with E-state index in [9.17, 15) is 9.59 Å². The molecule has 0 fully saturated rings. The summed E-state index contributed by atoms with van der Waals surface area (Å²) in [6.07, 6.45) is -0.383. The zero-order chi connectivity index (χ0) is 23.3. The molecule has 3 N–H and O–H groups in total. The molecular formula is C23H24N2O7. The third kappa shape index (κ3) is 7.75. The van der Waals surface area contributed by atoms with Crippen LogP contribution in [0.5, 0.6) is 5.75 Å². The number of amides is 1. The molecular weight excluding hydrogens is 416 g/mol. The molecule has 0 spiro atoms. The molecule has 0 aliphatic carbocycles. The van der Waals surface area contributed by atoms with Gasteiger partial charge in [0.25, 0.3) is 0 Å². The van der Waals surface area contributed by atoms with Gasteiger partial charge >= 0.3 is 12.1 Å². The molecule has 0 heterocycles. The maximum absolute atomic E-state index is 12.6. The Morgan fingerprint density at radius 3 is 2.41 bits per heavy atom. The number of nitriles is 1. The van der Waals surface area contributed by atoms with E-state index in [2.05, 4.69) is 5.32 Å². The largest absolute Gasteiger partial charge is 0.491 e. The van der Waals surface area contributed by atoms with Gasteiger partial charge in [-0.05, 0) is 55.0 Å². The number of benzene rings is 2. The highest BCUT2D eigenvalue weighted by molar-refractivity contribution is 5.85. The van der Waals surface area contributed by atoms with E-state index in [1.54, 1.807) is 55.5 Å². The molecule has 2 aromatic rings. The fourth-order valence-corrected chi connectivity index (χ4v) is 2.75. The molecule has 0 aliphatic rings. The highest BCUT2D eigenvalue weighted by Gasteiger charge is 2.26. The quantitative estimate of drug-likeness (QED) is 0.453. The highest BCUT2D eigenvalue weighted by Crippen LogP contribution is 2.27. The number of carbonyl (C=O) groups is 2. The van der Waals surface area contributed by atoms with E-state index >= 15 is 0 Å². The summed E-state index contributed by atoms with van der Waals surface area (Å²) in [6, 6.07) is 14.8. The topological polar surface area (TPSA) is 138 Å². The van der Waals surface area contributed by atoms with Crippen molar-refractivity contribution in [2.24, 2.45) is 0 Å². The fourth-order valence-electron chi connectivity index (χ4n) is 2.75. The first kappa shape index (κ1) is 24.4. The smallest absolute Gasteiger partial charge is 0.412 e. The summed E-state index contributed by atoms with van der Waals surface area (Å²) in [6.45, 7) is 2.00. The van der Waals surface area contributed by atoms with Crippen LogP contribution in [0, 0.1) is 11.3 Å². The third-order valence-electron chi connectivity index (χ3n) is 4.15. The van der Waals surface area contributed by atoms with Crippen molar-refractivity contribution in [1.29, 1.82) is 5.26 Å². The van der Waals surface area contributed by atoms with Crippen LogP contribution in [-0.2, 0) is 14.3 Å². The van der Waals surface area contributed by atoms with Crippen molar-refractivity contribution in [3.8, 4) is 11.8 Å². The number of carboxylic acid groups (broad SMARTS) is 1. The Morgan fingerprint density at radius 2 is 1.84 bits per heavy atom. The molecule has 168 valence electrons. The van der Waals surface area contributed by atoms with Crippen LogP contribution in [0.15, 0.2) is 60.7 Å². The van der Waals surface area contributed by atoms with E-state index in [4.69, 9.17) is 29.7 Å². The lowest BCUT2D eigenvalue weighted by Gasteiger charge is -2.25. The summed E-state index contributed by atoms with van der Waals surface area (Å²) in [4.78, 5) is 23.6. The van der Waals surface area contributed by atoms with Crippen LogP contribution < -0.4 is 10.1 Å². The van der Waals surface area contributed by atoms with Gasteiger partial charge in [-0.1, -0.05) is 12.1 Å². The molecule has 0 saturated carbocycles. The van der Waals surface area contributed by atoms with Gasteiger partial charge in [0.15, 0.2) is 6.10 Å². The van der Waals surface area contributed by atoms with Gasteiger partial charge in [0, 0.05) is 18.4 Å². The van der Waals surface area contributed by atoms with Crippen LogP contribution in [0.25, 0.3) is 0 Å². The number of aliphatic hydroxyl groups excluding tert-OH is 1. The van der Waals surface area contributed by atoms with Crippen molar-refractivity contribution >= 4 is 17.7 Å². The maximum Gasteiger partial charge on any atom is 0.412 e. The molecule has 9 heteroatoms. The van der Waals surface area contributed by atoms with Gasteiger partial charge in [0.05, 0.1) is 18.2 Å². The zero-order valence-electron chi connectivity index (χ0n) is 17.4. The van der Waals surface area contributed by atoms with Gasteiger partial charge in [-0.15, -0.1) is 0 Å². The second-order valence-electron chi connectivity index (χ2n) is 6.40. The minimum Gasteiger partial charge on any atom is -0.491 e. The first-order valence-electron chi connectivity index (χ1n) is 9.81. The van der Waals surface area contributed by atoms with E-state index in [0.29, 0.717) is 22.6 Å². The van der Waals surface area contributed by atoms with Crippen LogP contribution >= 0.6 is 0 Å². The van der Waals surface area contributed by atoms with Gasteiger partial charge in [0.1, 0.15) is 18.5 Å². The molecule has 0 unspecified atom stereocenters. The number of aliphatic hydroxyl groups is 1. The number of carbonyl (C=O) groups excluding carboxylic acids is 1. The SMILES string of the molecule is CCO[C@@H](/C=C/C(=O)O)[C@@H](OC(=O)Nc1ccc(C#N)cc1)c1ccc(OCCO)cc1. The number of anilines is 1. The lowest BCUT2D eigenvalue weighted by Crippen LogP contribution is -2.27. The van der Waals surface area contributed by atoms with Gasteiger partial charge in [-0.3, -0.25) is 5.32 Å². The summed E-state index contributed by atoms with van der Waals surface area (Å²) in [5.74, 6) is -0.652. The number of carboxylic acids is 1. The molecule has 0 aliphatic heterocycles. The second kappa shape index (κ2) is 12.7. The number of ether oxygens (including phenoxy) is 3. The molecule has 0 saturated heterocycles. The van der Waals surface area contributed by atoms with Crippen LogP contribution in [0.1, 0.15) is 24.2 Å². The van der Waals surface area contributed by atoms with E-state index < -0.39 is 24.3 Å². The Morgan fingerprint density at radius 1 is 1.16 bits per heavy atom.